The second kappa shape index (κ2) is 5.06. The fraction of sp³-hybridized carbons (Fsp3) is 0.625. The highest BCUT2D eigenvalue weighted by Crippen LogP contribution is 2.43. The van der Waals surface area contributed by atoms with Crippen LogP contribution in [0, 0.1) is 12.8 Å². The summed E-state index contributed by atoms with van der Waals surface area (Å²) in [4.78, 5) is 22.7. The number of anilines is 1. The lowest BCUT2D eigenvalue weighted by atomic mass is 9.80. The Morgan fingerprint density at radius 1 is 1.42 bits per heavy atom. The smallest absolute Gasteiger partial charge is 0.410 e. The highest BCUT2D eigenvalue weighted by atomic mass is 16.6. The Morgan fingerprint density at radius 2 is 2.21 bits per heavy atom. The Bertz CT molecular complexity index is 795. The molecule has 3 atom stereocenters. The van der Waals surface area contributed by atoms with Crippen LogP contribution in [0.25, 0.3) is 5.78 Å². The van der Waals surface area contributed by atoms with Crippen LogP contribution in [0.2, 0.25) is 0 Å². The maximum Gasteiger partial charge on any atom is 0.410 e. The van der Waals surface area contributed by atoms with E-state index in [-0.39, 0.29) is 18.2 Å². The maximum atomic E-state index is 12.4. The molecule has 4 heterocycles. The van der Waals surface area contributed by atoms with Crippen molar-refractivity contribution in [3.63, 3.8) is 0 Å². The number of hydrogen-bond donors (Lipinski definition) is 1. The molecule has 3 aliphatic rings. The van der Waals surface area contributed by atoms with Crippen molar-refractivity contribution in [2.24, 2.45) is 5.92 Å². The third kappa shape index (κ3) is 2.46. The van der Waals surface area contributed by atoms with Gasteiger partial charge < -0.3 is 15.0 Å². The van der Waals surface area contributed by atoms with E-state index in [2.05, 4.69) is 20.4 Å². The van der Waals surface area contributed by atoms with E-state index in [1.165, 1.54) is 6.33 Å². The van der Waals surface area contributed by atoms with E-state index >= 15 is 0 Å². The molecule has 0 radical (unpaired) electrons. The predicted octanol–water partition coefficient (Wildman–Crippen LogP) is 1.85. The Hall–Kier alpha value is -2.38. The maximum absolute atomic E-state index is 12.4. The van der Waals surface area contributed by atoms with E-state index in [0.29, 0.717) is 11.7 Å². The van der Waals surface area contributed by atoms with Crippen LogP contribution in [0.5, 0.6) is 0 Å². The molecule has 2 aromatic rings. The summed E-state index contributed by atoms with van der Waals surface area (Å²) in [7, 11) is 0. The molecule has 1 N–H and O–H groups in total. The van der Waals surface area contributed by atoms with Crippen molar-refractivity contribution >= 4 is 17.7 Å². The lowest BCUT2D eigenvalue weighted by Gasteiger charge is -2.37. The van der Waals surface area contributed by atoms with E-state index in [1.807, 2.05) is 38.7 Å². The van der Waals surface area contributed by atoms with Gasteiger partial charge in [-0.1, -0.05) is 0 Å². The van der Waals surface area contributed by atoms with Gasteiger partial charge in [0.15, 0.2) is 0 Å². The second-order valence-electron chi connectivity index (χ2n) is 7.62. The van der Waals surface area contributed by atoms with Crippen molar-refractivity contribution in [2.45, 2.75) is 51.8 Å². The number of carbonyl (C=O) groups is 1. The summed E-state index contributed by atoms with van der Waals surface area (Å²) in [6.45, 7) is 8.34. The molecule has 3 unspecified atom stereocenters. The number of aromatic nitrogens is 4. The highest BCUT2D eigenvalue weighted by molar-refractivity contribution is 5.70. The van der Waals surface area contributed by atoms with Crippen LogP contribution >= 0.6 is 0 Å². The summed E-state index contributed by atoms with van der Waals surface area (Å²) < 4.78 is 7.21. The molecule has 0 spiro atoms. The van der Waals surface area contributed by atoms with Crippen LogP contribution in [-0.2, 0) is 4.74 Å². The van der Waals surface area contributed by atoms with Crippen LogP contribution in [0.4, 0.5) is 10.6 Å². The minimum Gasteiger partial charge on any atom is -0.444 e. The normalized spacial score (nSPS) is 25.7. The molecule has 2 saturated heterocycles. The van der Waals surface area contributed by atoms with Crippen molar-refractivity contribution in [2.75, 3.05) is 11.9 Å². The van der Waals surface area contributed by atoms with Gasteiger partial charge in [0.05, 0.1) is 12.1 Å². The lowest BCUT2D eigenvalue weighted by Crippen LogP contribution is -2.50. The molecule has 1 amide bonds. The monoisotopic (exact) mass is 330 g/mol. The molecule has 24 heavy (non-hydrogen) atoms. The molecule has 2 aliphatic heterocycles. The van der Waals surface area contributed by atoms with Gasteiger partial charge in [0.2, 0.25) is 0 Å². The number of carbonyl (C=O) groups excluding carboxylic acids is 1. The number of aryl methyl sites for hydroxylation is 1. The molecule has 1 saturated carbocycles. The summed E-state index contributed by atoms with van der Waals surface area (Å²) in [5.41, 5.74) is 0.413. The van der Waals surface area contributed by atoms with Gasteiger partial charge in [-0.25, -0.2) is 9.78 Å². The molecule has 2 bridgehead atoms. The van der Waals surface area contributed by atoms with Crippen molar-refractivity contribution < 1.29 is 9.53 Å². The lowest BCUT2D eigenvalue weighted by molar-refractivity contribution is 0.0239. The molecule has 5 rings (SSSR count). The van der Waals surface area contributed by atoms with Gasteiger partial charge >= 0.3 is 6.09 Å². The Kier molecular flexibility index (Phi) is 3.20. The van der Waals surface area contributed by atoms with Crippen LogP contribution in [0.3, 0.4) is 0 Å². The molecular formula is C16H22N6O2. The third-order valence-electron chi connectivity index (χ3n) is 4.62. The van der Waals surface area contributed by atoms with E-state index in [0.717, 1.165) is 24.5 Å². The summed E-state index contributed by atoms with van der Waals surface area (Å²) in [5, 5.41) is 7.75. The van der Waals surface area contributed by atoms with E-state index in [1.54, 1.807) is 4.52 Å². The average Bonchev–Trinajstić information content (AvgIpc) is 3.15. The molecule has 3 fully saturated rings. The van der Waals surface area contributed by atoms with Gasteiger partial charge in [0.25, 0.3) is 5.78 Å². The third-order valence-corrected chi connectivity index (χ3v) is 4.62. The minimum atomic E-state index is -0.470. The van der Waals surface area contributed by atoms with Gasteiger partial charge in [-0.15, -0.1) is 0 Å². The van der Waals surface area contributed by atoms with Crippen LogP contribution in [0.1, 0.15) is 32.9 Å². The molecule has 0 aromatic carbocycles. The number of rotatable bonds is 2. The fourth-order valence-corrected chi connectivity index (χ4v) is 3.57. The van der Waals surface area contributed by atoms with E-state index in [9.17, 15) is 4.79 Å². The largest absolute Gasteiger partial charge is 0.444 e. The van der Waals surface area contributed by atoms with Gasteiger partial charge in [-0.05, 0) is 34.1 Å². The average molecular weight is 330 g/mol. The van der Waals surface area contributed by atoms with E-state index < -0.39 is 5.60 Å². The zero-order valence-electron chi connectivity index (χ0n) is 14.4. The number of ether oxygens (including phenoxy) is 1. The molecule has 8 heteroatoms. The Labute approximate surface area is 140 Å². The summed E-state index contributed by atoms with van der Waals surface area (Å²) in [5.74, 6) is 1.88. The quantitative estimate of drug-likeness (QED) is 0.904. The molecule has 1 aliphatic carbocycles. The molecular weight excluding hydrogens is 308 g/mol. The van der Waals surface area contributed by atoms with Gasteiger partial charge in [-0.3, -0.25) is 0 Å². The first-order valence-corrected chi connectivity index (χ1v) is 8.25. The van der Waals surface area contributed by atoms with Crippen molar-refractivity contribution in [1.82, 2.24) is 24.5 Å². The van der Waals surface area contributed by atoms with E-state index in [4.69, 9.17) is 4.74 Å². The number of nitrogens with zero attached hydrogens (tertiary/aromatic N) is 5. The summed E-state index contributed by atoms with van der Waals surface area (Å²) in [6.07, 6.45) is 2.28. The minimum absolute atomic E-state index is 0.164. The predicted molar refractivity (Wildman–Crippen MR) is 87.8 cm³/mol. The standard InChI is InChI=1S/C16H22N6O2/c1-9-5-12(22-14(19-9)17-8-18-22)20-13-10-6-11(13)21(7-10)15(23)24-16(2,3)4/h5,8,10-11,13,20H,6-7H2,1-4H3. The zero-order valence-corrected chi connectivity index (χ0v) is 14.4. The SMILES string of the molecule is Cc1cc(NC2C3CC2N(C(=O)OC(C)(C)C)C3)n2ncnc2n1. The Balaban J connectivity index is 1.51. The molecule has 2 aromatic heterocycles. The van der Waals surface area contributed by atoms with Gasteiger partial charge in [0.1, 0.15) is 17.7 Å². The number of hydrogen-bond acceptors (Lipinski definition) is 6. The topological polar surface area (TPSA) is 84.7 Å². The van der Waals surface area contributed by atoms with Crippen LogP contribution in [-0.4, -0.2) is 54.8 Å². The van der Waals surface area contributed by atoms with Crippen LogP contribution in [0.15, 0.2) is 12.4 Å². The van der Waals surface area contributed by atoms with Crippen molar-refractivity contribution in [3.8, 4) is 0 Å². The first kappa shape index (κ1) is 15.2. The highest BCUT2D eigenvalue weighted by Gasteiger charge is 2.54. The molecule has 8 nitrogen and oxygen atoms in total. The summed E-state index contributed by atoms with van der Waals surface area (Å²) in [6, 6.07) is 2.33. The second-order valence-corrected chi connectivity index (χ2v) is 7.62. The van der Waals surface area contributed by atoms with Crippen LogP contribution < -0.4 is 5.32 Å². The van der Waals surface area contributed by atoms with Crippen molar-refractivity contribution in [1.29, 1.82) is 0 Å². The first-order valence-electron chi connectivity index (χ1n) is 8.25. The fourth-order valence-electron chi connectivity index (χ4n) is 3.57. The Morgan fingerprint density at radius 3 is 2.96 bits per heavy atom. The van der Waals surface area contributed by atoms with Crippen molar-refractivity contribution in [3.05, 3.63) is 18.1 Å². The molecule has 128 valence electrons. The summed E-state index contributed by atoms with van der Waals surface area (Å²) >= 11 is 0. The van der Waals surface area contributed by atoms with Gasteiger partial charge in [0, 0.05) is 24.2 Å². The number of amides is 1. The first-order chi connectivity index (χ1) is 11.3. The number of fused-ring (bicyclic) bond motifs is 2. The number of nitrogens with one attached hydrogen (secondary N) is 1. The van der Waals surface area contributed by atoms with Gasteiger partial charge in [-0.2, -0.15) is 14.6 Å². The zero-order chi connectivity index (χ0) is 17.1.